The van der Waals surface area contributed by atoms with Gasteiger partial charge in [0.05, 0.1) is 0 Å². The van der Waals surface area contributed by atoms with Gasteiger partial charge < -0.3 is 23.2 Å². The van der Waals surface area contributed by atoms with Gasteiger partial charge in [-0.05, 0) is 31.4 Å². The summed E-state index contributed by atoms with van der Waals surface area (Å²) in [5.41, 5.74) is 0.874. The Hall–Kier alpha value is -2.81. The van der Waals surface area contributed by atoms with E-state index in [1.54, 1.807) is 12.1 Å². The Bertz CT molecular complexity index is 928. The zero-order valence-electron chi connectivity index (χ0n) is 15.7. The van der Waals surface area contributed by atoms with Crippen LogP contribution >= 0.6 is 0 Å². The summed E-state index contributed by atoms with van der Waals surface area (Å²) in [7, 11) is -1.18. The Morgan fingerprint density at radius 2 is 2.11 bits per heavy atom. The molecule has 0 bridgehead atoms. The molecule has 0 spiro atoms. The average Bonchev–Trinajstić information content (AvgIpc) is 2.97. The first-order valence-corrected chi connectivity index (χ1v) is 9.13. The number of hydrogen-bond acceptors (Lipinski definition) is 8. The molecule has 9 heteroatoms. The molecule has 0 radical (unpaired) electrons. The van der Waals surface area contributed by atoms with Crippen LogP contribution in [0, 0.1) is 6.92 Å². The Kier molecular flexibility index (Phi) is 6.04. The molecule has 0 saturated heterocycles. The number of carbonyl (C=O) groups is 2. The van der Waals surface area contributed by atoms with Crippen molar-refractivity contribution < 1.29 is 32.8 Å². The van der Waals surface area contributed by atoms with Crippen LogP contribution in [0.5, 0.6) is 5.75 Å². The molecule has 1 aliphatic rings. The summed E-state index contributed by atoms with van der Waals surface area (Å²) < 4.78 is 20.3. The summed E-state index contributed by atoms with van der Waals surface area (Å²) in [6.45, 7) is 3.18. The lowest BCUT2D eigenvalue weighted by Gasteiger charge is -2.28. The van der Waals surface area contributed by atoms with E-state index < -0.39 is 18.9 Å². The lowest BCUT2D eigenvalue weighted by atomic mass is 9.64. The molecule has 1 N–H and O–H groups in total. The van der Waals surface area contributed by atoms with Gasteiger partial charge >= 0.3 is 18.9 Å². The van der Waals surface area contributed by atoms with Crippen LogP contribution < -0.4 is 10.5 Å². The zero-order chi connectivity index (χ0) is 20.3. The molecule has 3 rings (SSSR count). The number of benzene rings is 1. The minimum absolute atomic E-state index is 0.0751. The van der Waals surface area contributed by atoms with E-state index in [1.165, 1.54) is 13.0 Å². The van der Waals surface area contributed by atoms with E-state index in [9.17, 15) is 19.4 Å². The number of ether oxygens (including phenoxy) is 1. The number of hydrogen-bond donors (Lipinski definition) is 1. The maximum absolute atomic E-state index is 12.5. The van der Waals surface area contributed by atoms with Gasteiger partial charge in [0.1, 0.15) is 17.1 Å². The second-order valence-electron chi connectivity index (χ2n) is 6.77. The standard InChI is InChI=1S/C19H21BO8/c1-3-5-14(21)9-13-8-12-6-4-7-15(17(12)28-20(13)24)18(22)25-10-16-11(2)26-19(23)27-16/h4,6-7,13,24H,3,5,8-10H2,1-2H3/t13-/m1/s1. The number of rotatable bonds is 7. The summed E-state index contributed by atoms with van der Waals surface area (Å²) in [4.78, 5) is 35.4. The molecular weight excluding hydrogens is 367 g/mol. The Morgan fingerprint density at radius 3 is 2.79 bits per heavy atom. The molecule has 0 amide bonds. The van der Waals surface area contributed by atoms with Crippen molar-refractivity contribution in [3.63, 3.8) is 0 Å². The lowest BCUT2D eigenvalue weighted by Crippen LogP contribution is -2.35. The number of aryl methyl sites for hydroxylation is 1. The van der Waals surface area contributed by atoms with Crippen LogP contribution in [0.15, 0.2) is 31.8 Å². The SMILES string of the molecule is CCCC(=O)C[C@H]1Cc2cccc(C(=O)OCc3oc(=O)oc3C)c2OB1O. The molecule has 0 fully saturated rings. The first kappa shape index (κ1) is 19.9. The monoisotopic (exact) mass is 388 g/mol. The van der Waals surface area contributed by atoms with Crippen LogP contribution in [0.25, 0.3) is 0 Å². The normalized spacial score (nSPS) is 15.7. The third-order valence-corrected chi connectivity index (χ3v) is 4.63. The van der Waals surface area contributed by atoms with Crippen molar-refractivity contribution in [3.8, 4) is 5.75 Å². The molecule has 148 valence electrons. The average molecular weight is 388 g/mol. The van der Waals surface area contributed by atoms with Gasteiger partial charge in [-0.15, -0.1) is 0 Å². The second kappa shape index (κ2) is 8.47. The highest BCUT2D eigenvalue weighted by atomic mass is 16.6. The second-order valence-corrected chi connectivity index (χ2v) is 6.77. The number of esters is 1. The van der Waals surface area contributed by atoms with Crippen LogP contribution in [0.4, 0.5) is 0 Å². The molecule has 1 aliphatic heterocycles. The van der Waals surface area contributed by atoms with Crippen molar-refractivity contribution >= 4 is 18.9 Å². The largest absolute Gasteiger partial charge is 0.535 e. The predicted octanol–water partition coefficient (Wildman–Crippen LogP) is 2.44. The fraction of sp³-hybridized carbons (Fsp3) is 0.421. The van der Waals surface area contributed by atoms with E-state index >= 15 is 0 Å². The topological polar surface area (TPSA) is 116 Å². The molecule has 1 atom stereocenters. The van der Waals surface area contributed by atoms with E-state index in [-0.39, 0.29) is 47.5 Å². The molecule has 2 heterocycles. The minimum atomic E-state index is -1.18. The Morgan fingerprint density at radius 1 is 1.32 bits per heavy atom. The Balaban J connectivity index is 1.73. The summed E-state index contributed by atoms with van der Waals surface area (Å²) in [6, 6.07) is 4.99. The Labute approximate surface area is 161 Å². The van der Waals surface area contributed by atoms with Crippen molar-refractivity contribution in [1.29, 1.82) is 0 Å². The minimum Gasteiger partial charge on any atom is -0.535 e. The molecule has 0 aliphatic carbocycles. The van der Waals surface area contributed by atoms with Gasteiger partial charge in [0, 0.05) is 18.7 Å². The van der Waals surface area contributed by atoms with Gasteiger partial charge in [0.2, 0.25) is 0 Å². The molecule has 8 nitrogen and oxygen atoms in total. The molecule has 0 saturated carbocycles. The van der Waals surface area contributed by atoms with Gasteiger partial charge in [0.25, 0.3) is 0 Å². The summed E-state index contributed by atoms with van der Waals surface area (Å²) in [6.07, 6.45) is 1.86. The van der Waals surface area contributed by atoms with Crippen LogP contribution in [-0.2, 0) is 22.6 Å². The highest BCUT2D eigenvalue weighted by molar-refractivity contribution is 6.47. The number of fused-ring (bicyclic) bond motifs is 1. The van der Waals surface area contributed by atoms with Gasteiger partial charge in [-0.2, -0.15) is 0 Å². The number of ketones is 1. The van der Waals surface area contributed by atoms with E-state index in [0.29, 0.717) is 12.8 Å². The van der Waals surface area contributed by atoms with Crippen LogP contribution in [0.1, 0.15) is 53.6 Å². The third kappa shape index (κ3) is 4.36. The van der Waals surface area contributed by atoms with Crippen molar-refractivity contribution in [2.75, 3.05) is 0 Å². The van der Waals surface area contributed by atoms with Gasteiger partial charge in [-0.25, -0.2) is 9.59 Å². The van der Waals surface area contributed by atoms with Gasteiger partial charge in [0.15, 0.2) is 18.1 Å². The summed E-state index contributed by atoms with van der Waals surface area (Å²) in [5, 5.41) is 10.3. The first-order chi connectivity index (χ1) is 13.4. The molecule has 0 unspecified atom stereocenters. The molecule has 28 heavy (non-hydrogen) atoms. The van der Waals surface area contributed by atoms with Crippen molar-refractivity contribution in [1.82, 2.24) is 0 Å². The number of carbonyl (C=O) groups excluding carboxylic acids is 2. The fourth-order valence-electron chi connectivity index (χ4n) is 3.21. The quantitative estimate of drug-likeness (QED) is 0.568. The van der Waals surface area contributed by atoms with Crippen molar-refractivity contribution in [2.45, 2.75) is 52.0 Å². The molecular formula is C19H21BO8. The lowest BCUT2D eigenvalue weighted by molar-refractivity contribution is -0.119. The van der Waals surface area contributed by atoms with Gasteiger partial charge in [-0.1, -0.05) is 19.1 Å². The molecule has 1 aromatic carbocycles. The predicted molar refractivity (Wildman–Crippen MR) is 98.1 cm³/mol. The smallest absolute Gasteiger partial charge is 0.526 e. The fourth-order valence-corrected chi connectivity index (χ4v) is 3.21. The summed E-state index contributed by atoms with van der Waals surface area (Å²) >= 11 is 0. The summed E-state index contributed by atoms with van der Waals surface area (Å²) in [5.74, 6) is -1.24. The van der Waals surface area contributed by atoms with Crippen LogP contribution in [0.3, 0.4) is 0 Å². The molecule has 1 aromatic heterocycles. The van der Waals surface area contributed by atoms with Crippen LogP contribution in [0.2, 0.25) is 5.82 Å². The number of para-hydroxylation sites is 1. The first-order valence-electron chi connectivity index (χ1n) is 9.13. The molecule has 2 aromatic rings. The van der Waals surface area contributed by atoms with Gasteiger partial charge in [-0.3, -0.25) is 4.79 Å². The highest BCUT2D eigenvalue weighted by Crippen LogP contribution is 2.36. The third-order valence-electron chi connectivity index (χ3n) is 4.63. The number of Topliss-reactive ketones (excluding diaryl/α,β-unsaturated/α-hetero) is 1. The van der Waals surface area contributed by atoms with Crippen molar-refractivity contribution in [3.05, 3.63) is 51.5 Å². The van der Waals surface area contributed by atoms with E-state index in [4.69, 9.17) is 18.2 Å². The highest BCUT2D eigenvalue weighted by Gasteiger charge is 2.37. The van der Waals surface area contributed by atoms with E-state index in [0.717, 1.165) is 12.0 Å². The van der Waals surface area contributed by atoms with E-state index in [2.05, 4.69) is 0 Å². The maximum atomic E-state index is 12.5. The maximum Gasteiger partial charge on any atom is 0.526 e. The zero-order valence-corrected chi connectivity index (χ0v) is 15.7. The van der Waals surface area contributed by atoms with Crippen molar-refractivity contribution in [2.24, 2.45) is 0 Å². The van der Waals surface area contributed by atoms with Crippen LogP contribution in [-0.4, -0.2) is 23.9 Å². The van der Waals surface area contributed by atoms with E-state index in [1.807, 2.05) is 6.92 Å².